The minimum Gasteiger partial charge on any atom is -0.490 e. The summed E-state index contributed by atoms with van der Waals surface area (Å²) >= 11 is 3.38. The van der Waals surface area contributed by atoms with Gasteiger partial charge in [-0.15, -0.1) is 5.10 Å². The molecule has 0 bridgehead atoms. The van der Waals surface area contributed by atoms with Crippen molar-refractivity contribution >= 4 is 27.5 Å². The highest BCUT2D eigenvalue weighted by molar-refractivity contribution is 9.10. The Hall–Kier alpha value is -3.34. The normalized spacial score (nSPS) is 10.4. The summed E-state index contributed by atoms with van der Waals surface area (Å²) in [6.45, 7) is 0.0399. The largest absolute Gasteiger partial charge is 0.490 e. The number of nitrogens with one attached hydrogen (secondary N) is 1. The highest BCUT2D eigenvalue weighted by Gasteiger charge is 2.18. The number of ether oxygens (including phenoxy) is 1. The SMILES string of the molecule is COc1ccc(C(=O)NCc2nnnn2-c2cccc(Br)c2)cc1[N+](=O)[O-]. The summed E-state index contributed by atoms with van der Waals surface area (Å²) < 4.78 is 7.27. The summed E-state index contributed by atoms with van der Waals surface area (Å²) in [6, 6.07) is 11.3. The van der Waals surface area contributed by atoms with Crippen LogP contribution in [0.3, 0.4) is 0 Å². The number of carbonyl (C=O) groups excluding carboxylic acids is 1. The summed E-state index contributed by atoms with van der Waals surface area (Å²) in [5.74, 6) is -0.0100. The van der Waals surface area contributed by atoms with Crippen LogP contribution < -0.4 is 10.1 Å². The molecule has 0 saturated heterocycles. The molecule has 0 aliphatic heterocycles. The summed E-state index contributed by atoms with van der Waals surface area (Å²) in [7, 11) is 1.32. The van der Waals surface area contributed by atoms with E-state index >= 15 is 0 Å². The second kappa shape index (κ2) is 7.91. The van der Waals surface area contributed by atoms with E-state index in [2.05, 4.69) is 36.8 Å². The predicted molar refractivity (Wildman–Crippen MR) is 97.7 cm³/mol. The van der Waals surface area contributed by atoms with Gasteiger partial charge in [-0.25, -0.2) is 0 Å². The lowest BCUT2D eigenvalue weighted by Crippen LogP contribution is -2.24. The van der Waals surface area contributed by atoms with E-state index in [-0.39, 0.29) is 23.5 Å². The number of methoxy groups -OCH3 is 1. The van der Waals surface area contributed by atoms with Gasteiger partial charge in [0.15, 0.2) is 11.6 Å². The van der Waals surface area contributed by atoms with Crippen LogP contribution in [0.4, 0.5) is 5.69 Å². The van der Waals surface area contributed by atoms with Crippen LogP contribution in [0, 0.1) is 10.1 Å². The minimum atomic E-state index is -0.608. The number of amides is 1. The lowest BCUT2D eigenvalue weighted by molar-refractivity contribution is -0.385. The van der Waals surface area contributed by atoms with E-state index in [0.29, 0.717) is 5.82 Å². The molecule has 2 aromatic carbocycles. The maximum Gasteiger partial charge on any atom is 0.311 e. The molecule has 1 aromatic heterocycles. The predicted octanol–water partition coefficient (Wildman–Crippen LogP) is 2.27. The number of carbonyl (C=O) groups is 1. The summed E-state index contributed by atoms with van der Waals surface area (Å²) in [5, 5.41) is 25.2. The van der Waals surface area contributed by atoms with Crippen LogP contribution >= 0.6 is 15.9 Å². The van der Waals surface area contributed by atoms with E-state index in [4.69, 9.17) is 4.74 Å². The molecular weight excluding hydrogens is 420 g/mol. The van der Waals surface area contributed by atoms with Gasteiger partial charge in [0.05, 0.1) is 24.3 Å². The first-order valence-electron chi connectivity index (χ1n) is 7.63. The maximum absolute atomic E-state index is 12.4. The van der Waals surface area contributed by atoms with E-state index in [1.165, 1.54) is 23.9 Å². The molecule has 11 heteroatoms. The van der Waals surface area contributed by atoms with Crippen LogP contribution in [0.15, 0.2) is 46.9 Å². The number of nitrogens with zero attached hydrogens (tertiary/aromatic N) is 5. The van der Waals surface area contributed by atoms with Gasteiger partial charge in [0.2, 0.25) is 0 Å². The number of halogens is 1. The minimum absolute atomic E-state index is 0.0399. The molecule has 1 heterocycles. The van der Waals surface area contributed by atoms with Crippen LogP contribution in [0.25, 0.3) is 5.69 Å². The molecule has 0 atom stereocenters. The Balaban J connectivity index is 1.77. The molecule has 1 amide bonds. The van der Waals surface area contributed by atoms with Crippen molar-refractivity contribution < 1.29 is 14.5 Å². The Morgan fingerprint density at radius 3 is 2.85 bits per heavy atom. The summed E-state index contributed by atoms with van der Waals surface area (Å²) in [5.41, 5.74) is 0.562. The first kappa shape index (κ1) is 18.5. The number of nitro benzene ring substituents is 1. The third-order valence-corrected chi connectivity index (χ3v) is 4.12. The van der Waals surface area contributed by atoms with Gasteiger partial charge in [0, 0.05) is 16.1 Å². The monoisotopic (exact) mass is 432 g/mol. The zero-order valence-corrected chi connectivity index (χ0v) is 15.6. The van der Waals surface area contributed by atoms with E-state index in [1.807, 2.05) is 24.3 Å². The van der Waals surface area contributed by atoms with Gasteiger partial charge < -0.3 is 10.1 Å². The number of aromatic nitrogens is 4. The Kier molecular flexibility index (Phi) is 5.41. The Morgan fingerprint density at radius 2 is 2.15 bits per heavy atom. The molecule has 27 heavy (non-hydrogen) atoms. The molecular formula is C16H13BrN6O4. The third-order valence-electron chi connectivity index (χ3n) is 3.63. The molecule has 0 saturated carbocycles. The van der Waals surface area contributed by atoms with Gasteiger partial charge in [-0.2, -0.15) is 4.68 Å². The lowest BCUT2D eigenvalue weighted by Gasteiger charge is -2.08. The Morgan fingerprint density at radius 1 is 1.33 bits per heavy atom. The standard InChI is InChI=1S/C16H13BrN6O4/c1-27-14-6-5-10(7-13(14)23(25)26)16(24)18-9-15-19-20-21-22(15)12-4-2-3-11(17)8-12/h2-8H,9H2,1H3,(H,18,24). The number of nitro groups is 1. The van der Waals surface area contributed by atoms with Crippen LogP contribution in [0.2, 0.25) is 0 Å². The molecule has 3 rings (SSSR count). The van der Waals surface area contributed by atoms with E-state index in [9.17, 15) is 14.9 Å². The quantitative estimate of drug-likeness (QED) is 0.467. The first-order chi connectivity index (χ1) is 13.0. The van der Waals surface area contributed by atoms with Gasteiger partial charge in [0.25, 0.3) is 5.91 Å². The highest BCUT2D eigenvalue weighted by atomic mass is 79.9. The van der Waals surface area contributed by atoms with Crippen LogP contribution in [-0.2, 0) is 6.54 Å². The fourth-order valence-corrected chi connectivity index (χ4v) is 2.75. The molecule has 0 unspecified atom stereocenters. The number of tetrazole rings is 1. The van der Waals surface area contributed by atoms with Crippen molar-refractivity contribution in [2.75, 3.05) is 7.11 Å². The molecule has 1 N–H and O–H groups in total. The summed E-state index contributed by atoms with van der Waals surface area (Å²) in [6.07, 6.45) is 0. The van der Waals surface area contributed by atoms with Crippen molar-refractivity contribution in [3.05, 3.63) is 68.4 Å². The van der Waals surface area contributed by atoms with Gasteiger partial charge >= 0.3 is 5.69 Å². The van der Waals surface area contributed by atoms with E-state index < -0.39 is 10.8 Å². The van der Waals surface area contributed by atoms with Crippen molar-refractivity contribution in [3.63, 3.8) is 0 Å². The molecule has 0 fully saturated rings. The number of hydrogen-bond donors (Lipinski definition) is 1. The number of benzene rings is 2. The molecule has 10 nitrogen and oxygen atoms in total. The fraction of sp³-hybridized carbons (Fsp3) is 0.125. The molecule has 3 aromatic rings. The van der Waals surface area contributed by atoms with Crippen molar-refractivity contribution in [2.24, 2.45) is 0 Å². The zero-order chi connectivity index (χ0) is 19.4. The van der Waals surface area contributed by atoms with Crippen molar-refractivity contribution in [1.82, 2.24) is 25.5 Å². The Labute approximate surface area is 161 Å². The second-order valence-electron chi connectivity index (χ2n) is 5.31. The smallest absolute Gasteiger partial charge is 0.311 e. The van der Waals surface area contributed by atoms with E-state index in [0.717, 1.165) is 16.2 Å². The van der Waals surface area contributed by atoms with Crippen LogP contribution in [0.5, 0.6) is 5.75 Å². The summed E-state index contributed by atoms with van der Waals surface area (Å²) in [4.78, 5) is 22.8. The van der Waals surface area contributed by atoms with Crippen molar-refractivity contribution in [2.45, 2.75) is 6.54 Å². The van der Waals surface area contributed by atoms with Crippen LogP contribution in [-0.4, -0.2) is 38.1 Å². The van der Waals surface area contributed by atoms with E-state index in [1.54, 1.807) is 0 Å². The molecule has 0 spiro atoms. The molecule has 0 radical (unpaired) electrons. The highest BCUT2D eigenvalue weighted by Crippen LogP contribution is 2.27. The third kappa shape index (κ3) is 4.08. The molecule has 138 valence electrons. The van der Waals surface area contributed by atoms with Crippen molar-refractivity contribution in [3.8, 4) is 11.4 Å². The maximum atomic E-state index is 12.4. The Bertz CT molecular complexity index is 1010. The average molecular weight is 433 g/mol. The molecule has 0 aliphatic rings. The van der Waals surface area contributed by atoms with Gasteiger partial charge in [-0.05, 0) is 40.8 Å². The van der Waals surface area contributed by atoms with Crippen LogP contribution in [0.1, 0.15) is 16.2 Å². The van der Waals surface area contributed by atoms with Gasteiger partial charge in [-0.1, -0.05) is 22.0 Å². The number of rotatable bonds is 6. The van der Waals surface area contributed by atoms with Gasteiger partial charge in [0.1, 0.15) is 0 Å². The first-order valence-corrected chi connectivity index (χ1v) is 8.42. The second-order valence-corrected chi connectivity index (χ2v) is 6.23. The average Bonchev–Trinajstić information content (AvgIpc) is 3.14. The topological polar surface area (TPSA) is 125 Å². The van der Waals surface area contributed by atoms with Crippen molar-refractivity contribution in [1.29, 1.82) is 0 Å². The lowest BCUT2D eigenvalue weighted by atomic mass is 10.1. The fourth-order valence-electron chi connectivity index (χ4n) is 2.36. The molecule has 0 aliphatic carbocycles. The zero-order valence-electron chi connectivity index (χ0n) is 14.0. The number of hydrogen-bond acceptors (Lipinski definition) is 7. The van der Waals surface area contributed by atoms with Gasteiger partial charge in [-0.3, -0.25) is 14.9 Å².